The van der Waals surface area contributed by atoms with Crippen LogP contribution in [0.5, 0.6) is 11.5 Å². The molecule has 5 heteroatoms. The first kappa shape index (κ1) is 14.3. The van der Waals surface area contributed by atoms with Gasteiger partial charge in [0, 0.05) is 11.1 Å². The van der Waals surface area contributed by atoms with Crippen LogP contribution in [0.3, 0.4) is 0 Å². The minimum Gasteiger partial charge on any atom is -0.493 e. The summed E-state index contributed by atoms with van der Waals surface area (Å²) in [4.78, 5) is 10.7. The molecule has 0 spiro atoms. The second-order valence-electron chi connectivity index (χ2n) is 4.03. The molecular formula is C15H12ClFO3. The van der Waals surface area contributed by atoms with E-state index in [1.54, 1.807) is 30.3 Å². The minimum atomic E-state index is -0.502. The number of hydrogen-bond acceptors (Lipinski definition) is 3. The van der Waals surface area contributed by atoms with Crippen molar-refractivity contribution in [2.45, 2.75) is 6.61 Å². The highest BCUT2D eigenvalue weighted by molar-refractivity contribution is 6.30. The van der Waals surface area contributed by atoms with Crippen molar-refractivity contribution in [3.63, 3.8) is 0 Å². The highest BCUT2D eigenvalue weighted by Gasteiger charge is 2.09. The van der Waals surface area contributed by atoms with Crippen LogP contribution in [0.2, 0.25) is 5.02 Å². The number of hydrogen-bond donors (Lipinski definition) is 0. The summed E-state index contributed by atoms with van der Waals surface area (Å²) in [7, 11) is 1.47. The topological polar surface area (TPSA) is 35.5 Å². The maximum absolute atomic E-state index is 13.7. The Bertz CT molecular complexity index is 629. The summed E-state index contributed by atoms with van der Waals surface area (Å²) < 4.78 is 24.4. The van der Waals surface area contributed by atoms with Crippen molar-refractivity contribution in [1.82, 2.24) is 0 Å². The molecule has 0 fully saturated rings. The fourth-order valence-corrected chi connectivity index (χ4v) is 1.89. The second-order valence-corrected chi connectivity index (χ2v) is 4.44. The largest absolute Gasteiger partial charge is 0.493 e. The molecule has 0 atom stereocenters. The van der Waals surface area contributed by atoms with Gasteiger partial charge < -0.3 is 9.47 Å². The lowest BCUT2D eigenvalue weighted by molar-refractivity contribution is 0.112. The Morgan fingerprint density at radius 2 is 2.05 bits per heavy atom. The number of halogens is 2. The van der Waals surface area contributed by atoms with Crippen LogP contribution in [-0.2, 0) is 6.61 Å². The highest BCUT2D eigenvalue weighted by Crippen LogP contribution is 2.29. The fraction of sp³-hybridized carbons (Fsp3) is 0.133. The van der Waals surface area contributed by atoms with Crippen molar-refractivity contribution in [3.05, 3.63) is 58.4 Å². The van der Waals surface area contributed by atoms with E-state index in [0.717, 1.165) is 0 Å². The van der Waals surface area contributed by atoms with E-state index in [1.165, 1.54) is 13.2 Å². The average Bonchev–Trinajstić information content (AvgIpc) is 2.48. The van der Waals surface area contributed by atoms with Gasteiger partial charge >= 0.3 is 0 Å². The average molecular weight is 295 g/mol. The summed E-state index contributed by atoms with van der Waals surface area (Å²) in [6.45, 7) is 0.0171. The van der Waals surface area contributed by atoms with Gasteiger partial charge in [-0.1, -0.05) is 23.7 Å². The third kappa shape index (κ3) is 3.08. The summed E-state index contributed by atoms with van der Waals surface area (Å²) in [6.07, 6.45) is 0.711. The Labute approximate surface area is 120 Å². The number of aldehydes is 1. The number of carbonyl (C=O) groups excluding carboxylic acids is 1. The minimum absolute atomic E-state index is 0.0171. The summed E-state index contributed by atoms with van der Waals surface area (Å²) in [5.74, 6) is 0.340. The van der Waals surface area contributed by atoms with Crippen LogP contribution in [-0.4, -0.2) is 13.4 Å². The third-order valence-electron chi connectivity index (χ3n) is 2.74. The molecular weight excluding hydrogens is 283 g/mol. The van der Waals surface area contributed by atoms with Crippen LogP contribution in [0.25, 0.3) is 0 Å². The first-order chi connectivity index (χ1) is 9.65. The molecule has 2 aromatic rings. The van der Waals surface area contributed by atoms with E-state index in [-0.39, 0.29) is 11.6 Å². The zero-order valence-corrected chi connectivity index (χ0v) is 11.5. The first-order valence-corrected chi connectivity index (χ1v) is 6.22. The van der Waals surface area contributed by atoms with Gasteiger partial charge in [-0.3, -0.25) is 4.79 Å². The Morgan fingerprint density at radius 3 is 2.75 bits per heavy atom. The molecule has 0 N–H and O–H groups in total. The normalized spacial score (nSPS) is 10.2. The molecule has 20 heavy (non-hydrogen) atoms. The lowest BCUT2D eigenvalue weighted by Gasteiger charge is -2.11. The SMILES string of the molecule is COc1cc(C=O)ccc1OCc1cccc(Cl)c1F. The van der Waals surface area contributed by atoms with E-state index < -0.39 is 5.82 Å². The Hall–Kier alpha value is -2.07. The van der Waals surface area contributed by atoms with Gasteiger partial charge in [-0.25, -0.2) is 4.39 Å². The molecule has 0 amide bonds. The van der Waals surface area contributed by atoms with Crippen LogP contribution in [0.1, 0.15) is 15.9 Å². The lowest BCUT2D eigenvalue weighted by Crippen LogP contribution is -2.00. The molecule has 0 bridgehead atoms. The lowest BCUT2D eigenvalue weighted by atomic mass is 10.2. The van der Waals surface area contributed by atoms with Gasteiger partial charge in [-0.2, -0.15) is 0 Å². The van der Waals surface area contributed by atoms with Crippen LogP contribution in [0, 0.1) is 5.82 Å². The van der Waals surface area contributed by atoms with Crippen LogP contribution in [0.15, 0.2) is 36.4 Å². The van der Waals surface area contributed by atoms with E-state index in [0.29, 0.717) is 28.9 Å². The molecule has 0 heterocycles. The number of benzene rings is 2. The highest BCUT2D eigenvalue weighted by atomic mass is 35.5. The summed E-state index contributed by atoms with van der Waals surface area (Å²) in [6, 6.07) is 9.46. The van der Waals surface area contributed by atoms with E-state index >= 15 is 0 Å². The summed E-state index contributed by atoms with van der Waals surface area (Å²) in [5, 5.41) is 0.0503. The quantitative estimate of drug-likeness (QED) is 0.785. The number of methoxy groups -OCH3 is 1. The van der Waals surface area contributed by atoms with Crippen molar-refractivity contribution < 1.29 is 18.7 Å². The van der Waals surface area contributed by atoms with E-state index in [1.807, 2.05) is 0 Å². The van der Waals surface area contributed by atoms with E-state index in [2.05, 4.69) is 0 Å². The van der Waals surface area contributed by atoms with Gasteiger partial charge in [-0.15, -0.1) is 0 Å². The van der Waals surface area contributed by atoms with Crippen molar-refractivity contribution in [3.8, 4) is 11.5 Å². The monoisotopic (exact) mass is 294 g/mol. The number of ether oxygens (including phenoxy) is 2. The van der Waals surface area contributed by atoms with E-state index in [4.69, 9.17) is 21.1 Å². The molecule has 104 valence electrons. The smallest absolute Gasteiger partial charge is 0.161 e. The molecule has 2 aromatic carbocycles. The summed E-state index contributed by atoms with van der Waals surface area (Å²) in [5.41, 5.74) is 0.821. The maximum Gasteiger partial charge on any atom is 0.161 e. The zero-order chi connectivity index (χ0) is 14.5. The molecule has 3 nitrogen and oxygen atoms in total. The van der Waals surface area contributed by atoms with Gasteiger partial charge in [0.05, 0.1) is 12.1 Å². The predicted molar refractivity (Wildman–Crippen MR) is 74.1 cm³/mol. The molecule has 2 rings (SSSR count). The van der Waals surface area contributed by atoms with Crippen LogP contribution in [0.4, 0.5) is 4.39 Å². The number of carbonyl (C=O) groups is 1. The van der Waals surface area contributed by atoms with Crippen LogP contribution < -0.4 is 9.47 Å². The Kier molecular flexibility index (Phi) is 4.58. The van der Waals surface area contributed by atoms with Crippen molar-refractivity contribution >= 4 is 17.9 Å². The molecule has 0 aliphatic rings. The zero-order valence-electron chi connectivity index (χ0n) is 10.7. The Morgan fingerprint density at radius 1 is 1.25 bits per heavy atom. The second kappa shape index (κ2) is 6.39. The van der Waals surface area contributed by atoms with Gasteiger partial charge in [0.1, 0.15) is 18.7 Å². The molecule has 0 aliphatic heterocycles. The first-order valence-electron chi connectivity index (χ1n) is 5.84. The van der Waals surface area contributed by atoms with Crippen molar-refractivity contribution in [2.24, 2.45) is 0 Å². The molecule has 0 unspecified atom stereocenters. The van der Waals surface area contributed by atoms with Gasteiger partial charge in [0.25, 0.3) is 0 Å². The molecule has 0 aliphatic carbocycles. The fourth-order valence-electron chi connectivity index (χ4n) is 1.69. The van der Waals surface area contributed by atoms with E-state index in [9.17, 15) is 9.18 Å². The van der Waals surface area contributed by atoms with Gasteiger partial charge in [-0.05, 0) is 24.3 Å². The van der Waals surface area contributed by atoms with Crippen molar-refractivity contribution in [2.75, 3.05) is 7.11 Å². The predicted octanol–water partition coefficient (Wildman–Crippen LogP) is 3.88. The van der Waals surface area contributed by atoms with Gasteiger partial charge in [0.2, 0.25) is 0 Å². The van der Waals surface area contributed by atoms with Crippen molar-refractivity contribution in [1.29, 1.82) is 0 Å². The third-order valence-corrected chi connectivity index (χ3v) is 3.03. The molecule has 0 radical (unpaired) electrons. The Balaban J connectivity index is 2.18. The summed E-state index contributed by atoms with van der Waals surface area (Å²) >= 11 is 5.70. The number of rotatable bonds is 5. The standard InChI is InChI=1S/C15H12ClFO3/c1-19-14-7-10(8-18)5-6-13(14)20-9-11-3-2-4-12(16)15(11)17/h2-8H,9H2,1H3. The molecule has 0 saturated carbocycles. The molecule has 0 aromatic heterocycles. The maximum atomic E-state index is 13.7. The van der Waals surface area contributed by atoms with Gasteiger partial charge in [0.15, 0.2) is 11.5 Å². The molecule has 0 saturated heterocycles. The van der Waals surface area contributed by atoms with Crippen LogP contribution >= 0.6 is 11.6 Å².